The summed E-state index contributed by atoms with van der Waals surface area (Å²) >= 11 is 0. The van der Waals surface area contributed by atoms with Crippen molar-refractivity contribution in [3.63, 3.8) is 0 Å². The third-order valence-electron chi connectivity index (χ3n) is 1.79. The van der Waals surface area contributed by atoms with Gasteiger partial charge in [0.2, 0.25) is 11.8 Å². The zero-order chi connectivity index (χ0) is 9.14. The first-order valence-corrected chi connectivity index (χ1v) is 3.87. The number of rotatable bonds is 2. The van der Waals surface area contributed by atoms with Gasteiger partial charge in [-0.15, -0.1) is 6.58 Å². The molecule has 1 rings (SSSR count). The van der Waals surface area contributed by atoms with E-state index in [1.54, 1.807) is 13.0 Å². The van der Waals surface area contributed by atoms with Crippen LogP contribution in [0.15, 0.2) is 12.7 Å². The van der Waals surface area contributed by atoms with Crippen molar-refractivity contribution in [2.24, 2.45) is 0 Å². The van der Waals surface area contributed by atoms with E-state index < -0.39 is 12.1 Å². The van der Waals surface area contributed by atoms with Crippen LogP contribution in [-0.4, -0.2) is 23.9 Å². The predicted octanol–water partition coefficient (Wildman–Crippen LogP) is -0.434. The minimum Gasteiger partial charge on any atom is -0.343 e. The third kappa shape index (κ3) is 1.64. The fraction of sp³-hybridized carbons (Fsp3) is 0.500. The molecule has 12 heavy (non-hydrogen) atoms. The quantitative estimate of drug-likeness (QED) is 0.549. The summed E-state index contributed by atoms with van der Waals surface area (Å²) in [6, 6.07) is -0.857. The van der Waals surface area contributed by atoms with Crippen LogP contribution < -0.4 is 10.6 Å². The van der Waals surface area contributed by atoms with Crippen molar-refractivity contribution in [3.8, 4) is 0 Å². The van der Waals surface area contributed by atoms with Crippen LogP contribution in [0.3, 0.4) is 0 Å². The summed E-state index contributed by atoms with van der Waals surface area (Å²) in [6.45, 7) is 5.15. The highest BCUT2D eigenvalue weighted by Crippen LogP contribution is 2.00. The first-order chi connectivity index (χ1) is 5.65. The van der Waals surface area contributed by atoms with E-state index in [4.69, 9.17) is 0 Å². The van der Waals surface area contributed by atoms with Crippen LogP contribution in [0.5, 0.6) is 0 Å². The zero-order valence-corrected chi connectivity index (χ0v) is 6.96. The Morgan fingerprint density at radius 3 is 2.67 bits per heavy atom. The van der Waals surface area contributed by atoms with Crippen molar-refractivity contribution >= 4 is 11.8 Å². The summed E-state index contributed by atoms with van der Waals surface area (Å²) in [4.78, 5) is 22.2. The number of hydrogen-bond acceptors (Lipinski definition) is 2. The lowest BCUT2D eigenvalue weighted by atomic mass is 10.1. The van der Waals surface area contributed by atoms with Crippen molar-refractivity contribution in [3.05, 3.63) is 12.7 Å². The Balaban J connectivity index is 2.61. The van der Waals surface area contributed by atoms with Gasteiger partial charge in [0, 0.05) is 0 Å². The molecule has 0 aliphatic carbocycles. The summed E-state index contributed by atoms with van der Waals surface area (Å²) in [7, 11) is 0. The van der Waals surface area contributed by atoms with E-state index >= 15 is 0 Å². The standard InChI is InChI=1S/C8H12N2O2/c1-3-4-6-8(12)9-5(2)7(11)10-6/h3,5-6H,1,4H2,2H3,(H,9,12)(H,10,11). The van der Waals surface area contributed by atoms with Gasteiger partial charge in [-0.3, -0.25) is 9.59 Å². The Kier molecular flexibility index (Phi) is 2.47. The molecule has 0 aromatic carbocycles. The molecule has 4 heteroatoms. The molecule has 1 heterocycles. The smallest absolute Gasteiger partial charge is 0.243 e. The van der Waals surface area contributed by atoms with Crippen molar-refractivity contribution in [1.29, 1.82) is 0 Å². The highest BCUT2D eigenvalue weighted by atomic mass is 16.2. The van der Waals surface area contributed by atoms with Crippen LogP contribution in [-0.2, 0) is 9.59 Å². The van der Waals surface area contributed by atoms with E-state index in [0.717, 1.165) is 0 Å². The Labute approximate surface area is 71.0 Å². The summed E-state index contributed by atoms with van der Waals surface area (Å²) < 4.78 is 0. The van der Waals surface area contributed by atoms with Gasteiger partial charge in [-0.2, -0.15) is 0 Å². The molecule has 0 aromatic rings. The minimum absolute atomic E-state index is 0.137. The van der Waals surface area contributed by atoms with Crippen molar-refractivity contribution < 1.29 is 9.59 Å². The topological polar surface area (TPSA) is 58.2 Å². The maximum absolute atomic E-state index is 11.2. The predicted molar refractivity (Wildman–Crippen MR) is 44.3 cm³/mol. The molecular formula is C8H12N2O2. The lowest BCUT2D eigenvalue weighted by Gasteiger charge is -2.26. The molecule has 0 radical (unpaired) electrons. The molecule has 1 aliphatic rings. The first kappa shape index (κ1) is 8.77. The van der Waals surface area contributed by atoms with Gasteiger partial charge in [-0.05, 0) is 13.3 Å². The molecule has 2 unspecified atom stereocenters. The lowest BCUT2D eigenvalue weighted by Crippen LogP contribution is -2.60. The largest absolute Gasteiger partial charge is 0.343 e. The van der Waals surface area contributed by atoms with Gasteiger partial charge in [0.15, 0.2) is 0 Å². The zero-order valence-electron chi connectivity index (χ0n) is 6.96. The summed E-state index contributed by atoms with van der Waals surface area (Å²) in [6.07, 6.45) is 2.09. The van der Waals surface area contributed by atoms with Crippen LogP contribution in [0.4, 0.5) is 0 Å². The molecule has 4 nitrogen and oxygen atoms in total. The highest BCUT2D eigenvalue weighted by molar-refractivity contribution is 5.96. The van der Waals surface area contributed by atoms with E-state index in [9.17, 15) is 9.59 Å². The highest BCUT2D eigenvalue weighted by Gasteiger charge is 2.29. The molecule has 1 aliphatic heterocycles. The Bertz CT molecular complexity index is 225. The fourth-order valence-corrected chi connectivity index (χ4v) is 1.07. The first-order valence-electron chi connectivity index (χ1n) is 3.87. The normalized spacial score (nSPS) is 29.1. The van der Waals surface area contributed by atoms with E-state index in [1.807, 2.05) is 0 Å². The average molecular weight is 168 g/mol. The summed E-state index contributed by atoms with van der Waals surface area (Å²) in [5.74, 6) is -0.275. The maximum atomic E-state index is 11.2. The fourth-order valence-electron chi connectivity index (χ4n) is 1.07. The van der Waals surface area contributed by atoms with Gasteiger partial charge in [0.05, 0.1) is 0 Å². The molecule has 0 spiro atoms. The van der Waals surface area contributed by atoms with Gasteiger partial charge in [-0.25, -0.2) is 0 Å². The number of nitrogens with one attached hydrogen (secondary N) is 2. The summed E-state index contributed by atoms with van der Waals surface area (Å²) in [5.41, 5.74) is 0. The molecule has 1 saturated heterocycles. The van der Waals surface area contributed by atoms with E-state index in [1.165, 1.54) is 0 Å². The number of carbonyl (C=O) groups is 2. The van der Waals surface area contributed by atoms with Gasteiger partial charge in [-0.1, -0.05) is 6.08 Å². The molecule has 0 saturated carbocycles. The average Bonchev–Trinajstić information content (AvgIpc) is 2.01. The van der Waals surface area contributed by atoms with Crippen LogP contribution in [0.1, 0.15) is 13.3 Å². The second-order valence-electron chi connectivity index (χ2n) is 2.82. The Morgan fingerprint density at radius 1 is 1.42 bits per heavy atom. The third-order valence-corrected chi connectivity index (χ3v) is 1.79. The Morgan fingerprint density at radius 2 is 2.08 bits per heavy atom. The van der Waals surface area contributed by atoms with E-state index in [0.29, 0.717) is 6.42 Å². The minimum atomic E-state index is -0.439. The number of amides is 2. The molecule has 2 amide bonds. The monoisotopic (exact) mass is 168 g/mol. The number of piperazine rings is 1. The lowest BCUT2D eigenvalue weighted by molar-refractivity contribution is -0.136. The van der Waals surface area contributed by atoms with Crippen LogP contribution in [0, 0.1) is 0 Å². The van der Waals surface area contributed by atoms with Gasteiger partial charge < -0.3 is 10.6 Å². The molecule has 1 fully saturated rings. The van der Waals surface area contributed by atoms with Gasteiger partial charge >= 0.3 is 0 Å². The van der Waals surface area contributed by atoms with Gasteiger partial charge in [0.1, 0.15) is 12.1 Å². The summed E-state index contributed by atoms with van der Waals surface area (Å²) in [5, 5.41) is 5.16. The molecule has 2 N–H and O–H groups in total. The van der Waals surface area contributed by atoms with Gasteiger partial charge in [0.25, 0.3) is 0 Å². The van der Waals surface area contributed by atoms with Crippen molar-refractivity contribution in [2.45, 2.75) is 25.4 Å². The maximum Gasteiger partial charge on any atom is 0.243 e. The van der Waals surface area contributed by atoms with Crippen LogP contribution >= 0.6 is 0 Å². The second kappa shape index (κ2) is 3.38. The van der Waals surface area contributed by atoms with E-state index in [2.05, 4.69) is 17.2 Å². The van der Waals surface area contributed by atoms with Crippen LogP contribution in [0.25, 0.3) is 0 Å². The molecule has 2 atom stereocenters. The molecule has 0 bridgehead atoms. The second-order valence-corrected chi connectivity index (χ2v) is 2.82. The van der Waals surface area contributed by atoms with Crippen molar-refractivity contribution in [2.75, 3.05) is 0 Å². The van der Waals surface area contributed by atoms with Crippen LogP contribution in [0.2, 0.25) is 0 Å². The molecule has 66 valence electrons. The van der Waals surface area contributed by atoms with E-state index in [-0.39, 0.29) is 11.8 Å². The molecule has 0 aromatic heterocycles. The SMILES string of the molecule is C=CCC1NC(=O)C(C)NC1=O. The Hall–Kier alpha value is -1.32. The molecular weight excluding hydrogens is 156 g/mol. The van der Waals surface area contributed by atoms with Crippen molar-refractivity contribution in [1.82, 2.24) is 10.6 Å². The number of carbonyl (C=O) groups excluding carboxylic acids is 2. The number of hydrogen-bond donors (Lipinski definition) is 2.